The van der Waals surface area contributed by atoms with E-state index in [1.165, 1.54) is 57.3 Å². The molecule has 4 aromatic carbocycles. The van der Waals surface area contributed by atoms with Crippen LogP contribution in [-0.2, 0) is 33.8 Å². The number of fused-ring (bicyclic) bond motifs is 2. The van der Waals surface area contributed by atoms with Gasteiger partial charge in [-0.3, -0.25) is 0 Å². The summed E-state index contributed by atoms with van der Waals surface area (Å²) in [6.45, 7) is 24.9. The van der Waals surface area contributed by atoms with Crippen molar-refractivity contribution in [1.29, 1.82) is 0 Å². The number of aryl methyl sites for hydroxylation is 2. The molecule has 2 heteroatoms. The van der Waals surface area contributed by atoms with Crippen LogP contribution >= 0.6 is 0 Å². The molecule has 0 bridgehead atoms. The second-order valence-electron chi connectivity index (χ2n) is 16.7. The molecule has 0 heterocycles. The average molecular weight is 729 g/mol. The summed E-state index contributed by atoms with van der Waals surface area (Å²) in [6.07, 6.45) is 9.96. The Hall–Kier alpha value is -2.54. The van der Waals surface area contributed by atoms with Crippen LogP contribution < -0.4 is 0 Å². The number of hydrogen-bond acceptors (Lipinski definition) is 0. The van der Waals surface area contributed by atoms with Crippen LogP contribution in [0.1, 0.15) is 109 Å². The number of allylic oxidation sites excluding steroid dienone is 2. The predicted molar refractivity (Wildman–Crippen MR) is 211 cm³/mol. The summed E-state index contributed by atoms with van der Waals surface area (Å²) in [5.41, 5.74) is 18.7. The Morgan fingerprint density at radius 2 is 0.896 bits per heavy atom. The summed E-state index contributed by atoms with van der Waals surface area (Å²) in [5, 5.41) is 0. The number of benzene rings is 4. The average Bonchev–Trinajstić information content (AvgIpc) is 3.62. The van der Waals surface area contributed by atoms with Gasteiger partial charge in [0.15, 0.2) is 0 Å². The molecule has 0 fully saturated rings. The van der Waals surface area contributed by atoms with Crippen molar-refractivity contribution in [3.8, 4) is 22.3 Å². The van der Waals surface area contributed by atoms with E-state index in [9.17, 15) is 0 Å². The van der Waals surface area contributed by atoms with Gasteiger partial charge in [0.1, 0.15) is 0 Å². The first-order valence-corrected chi connectivity index (χ1v) is 28.6. The number of rotatable bonds is 9. The SMILES string of the molecule is CCCc1ccccc1-c1cccc2c1C=C(C(C)(C)C)[CH]2[Zr]([CH]1C(C(C)(C)C)=Cc2c(-c3ccccc3CCC)cccc21)[SiH](C)C. The monoisotopic (exact) mass is 727 g/mol. The van der Waals surface area contributed by atoms with Crippen LogP contribution in [0.5, 0.6) is 0 Å². The molecule has 2 aliphatic rings. The molecule has 0 saturated carbocycles. The van der Waals surface area contributed by atoms with Crippen LogP contribution in [0.4, 0.5) is 0 Å². The van der Waals surface area contributed by atoms with Gasteiger partial charge in [0, 0.05) is 0 Å². The van der Waals surface area contributed by atoms with Crippen molar-refractivity contribution >= 4 is 18.1 Å². The fraction of sp³-hybridized carbons (Fsp3) is 0.391. The van der Waals surface area contributed by atoms with Crippen LogP contribution in [-0.4, -0.2) is 5.92 Å². The van der Waals surface area contributed by atoms with E-state index in [-0.39, 0.29) is 10.8 Å². The molecule has 4 aromatic rings. The molecule has 0 spiro atoms. The van der Waals surface area contributed by atoms with Crippen LogP contribution in [0, 0.1) is 10.8 Å². The molecular formula is C46H57SiZr. The van der Waals surface area contributed by atoms with E-state index < -0.39 is 26.8 Å². The maximum absolute atomic E-state index is 2.71. The van der Waals surface area contributed by atoms with E-state index in [2.05, 4.69) is 166 Å². The third kappa shape index (κ3) is 6.54. The topological polar surface area (TPSA) is 0 Å². The summed E-state index contributed by atoms with van der Waals surface area (Å²) >= 11 is -2.33. The predicted octanol–water partition coefficient (Wildman–Crippen LogP) is 13.2. The zero-order chi connectivity index (χ0) is 34.4. The third-order valence-corrected chi connectivity index (χ3v) is 32.3. The normalized spacial score (nSPS) is 17.3. The van der Waals surface area contributed by atoms with Crippen LogP contribution in [0.15, 0.2) is 96.1 Å². The quantitative estimate of drug-likeness (QED) is 0.151. The Bertz CT molecular complexity index is 1720. The molecule has 0 aromatic heterocycles. The van der Waals surface area contributed by atoms with E-state index in [0.717, 1.165) is 12.8 Å². The van der Waals surface area contributed by atoms with Crippen molar-refractivity contribution in [2.75, 3.05) is 0 Å². The molecule has 6 rings (SSSR count). The zero-order valence-electron chi connectivity index (χ0n) is 31.3. The van der Waals surface area contributed by atoms with E-state index in [1.807, 2.05) is 0 Å². The van der Waals surface area contributed by atoms with Gasteiger partial charge in [-0.15, -0.1) is 0 Å². The Morgan fingerprint density at radius 3 is 1.25 bits per heavy atom. The van der Waals surface area contributed by atoms with Crippen LogP contribution in [0.3, 0.4) is 0 Å². The summed E-state index contributed by atoms with van der Waals surface area (Å²) in [5.74, 6) is -1.04. The van der Waals surface area contributed by atoms with Crippen LogP contribution in [0.2, 0.25) is 13.1 Å². The van der Waals surface area contributed by atoms with Crippen molar-refractivity contribution in [1.82, 2.24) is 0 Å². The minimum absolute atomic E-state index is 0.118. The Morgan fingerprint density at radius 1 is 0.521 bits per heavy atom. The van der Waals surface area contributed by atoms with Crippen molar-refractivity contribution in [3.63, 3.8) is 0 Å². The second-order valence-corrected chi connectivity index (χ2v) is 36.7. The van der Waals surface area contributed by atoms with Gasteiger partial charge in [0.25, 0.3) is 0 Å². The summed E-state index contributed by atoms with van der Waals surface area (Å²) in [6, 6.07) is 33.0. The van der Waals surface area contributed by atoms with Crippen molar-refractivity contribution < 1.29 is 20.9 Å². The van der Waals surface area contributed by atoms with Gasteiger partial charge in [0.05, 0.1) is 0 Å². The molecule has 249 valence electrons. The van der Waals surface area contributed by atoms with E-state index in [4.69, 9.17) is 0 Å². The van der Waals surface area contributed by atoms with Crippen molar-refractivity contribution in [2.45, 2.75) is 101 Å². The van der Waals surface area contributed by atoms with E-state index in [1.54, 1.807) is 22.3 Å². The summed E-state index contributed by atoms with van der Waals surface area (Å²) in [4.78, 5) is 0. The van der Waals surface area contributed by atoms with Crippen LogP contribution in [0.25, 0.3) is 34.4 Å². The van der Waals surface area contributed by atoms with Gasteiger partial charge >= 0.3 is 303 Å². The molecule has 2 atom stereocenters. The Kier molecular flexibility index (Phi) is 10.3. The van der Waals surface area contributed by atoms with Crippen molar-refractivity contribution in [3.05, 3.63) is 129 Å². The fourth-order valence-corrected chi connectivity index (χ4v) is 32.2. The fourth-order valence-electron chi connectivity index (χ4n) is 8.67. The van der Waals surface area contributed by atoms with Crippen molar-refractivity contribution in [2.24, 2.45) is 10.8 Å². The van der Waals surface area contributed by atoms with Gasteiger partial charge < -0.3 is 0 Å². The van der Waals surface area contributed by atoms with Gasteiger partial charge in [-0.05, 0) is 0 Å². The molecule has 2 aliphatic carbocycles. The van der Waals surface area contributed by atoms with Gasteiger partial charge in [-0.2, -0.15) is 0 Å². The number of hydrogen-bond donors (Lipinski definition) is 0. The molecule has 0 nitrogen and oxygen atoms in total. The zero-order valence-corrected chi connectivity index (χ0v) is 34.9. The first-order chi connectivity index (χ1) is 22.9. The van der Waals surface area contributed by atoms with Gasteiger partial charge in [0.2, 0.25) is 0 Å². The first kappa shape index (κ1) is 35.3. The summed E-state index contributed by atoms with van der Waals surface area (Å²) in [7, 11) is 0. The Balaban J connectivity index is 1.57. The van der Waals surface area contributed by atoms with E-state index in [0.29, 0.717) is 7.25 Å². The maximum atomic E-state index is 2.71. The Labute approximate surface area is 301 Å². The van der Waals surface area contributed by atoms with Gasteiger partial charge in [-0.25, -0.2) is 0 Å². The second kappa shape index (κ2) is 14.0. The molecule has 0 saturated heterocycles. The molecule has 0 N–H and O–H groups in total. The molecule has 48 heavy (non-hydrogen) atoms. The standard InChI is InChI=1S/2C22H25.C2H7Si.Zr/c2*1-5-9-16-10-6-7-12-19(16)20-13-8-11-17-14-18(15-21(17)20)22(2,3)4;1-3-2;/h2*6-8,10-15H,5,9H2,1-4H3;3H,1-2H3;. The van der Waals surface area contributed by atoms with E-state index >= 15 is 0 Å². The first-order valence-electron chi connectivity index (χ1n) is 18.6. The minimum atomic E-state index is -2.33. The van der Waals surface area contributed by atoms with Gasteiger partial charge in [-0.1, -0.05) is 0 Å². The molecule has 2 unspecified atom stereocenters. The third-order valence-electron chi connectivity index (χ3n) is 10.8. The molecule has 0 aliphatic heterocycles. The molecule has 0 amide bonds. The molecule has 0 radical (unpaired) electrons. The molecular weight excluding hydrogens is 672 g/mol. The summed E-state index contributed by atoms with van der Waals surface area (Å²) < 4.78 is 1.20.